The number of unbranched alkanes of at least 4 members (excludes halogenated alkanes) is 13. The Morgan fingerprint density at radius 1 is 0.880 bits per heavy atom. The van der Waals surface area contributed by atoms with Crippen molar-refractivity contribution in [1.29, 1.82) is 0 Å². The third kappa shape index (κ3) is 12.0. The molecule has 0 saturated heterocycles. The Labute approximate surface area is 155 Å². The van der Waals surface area contributed by atoms with Crippen molar-refractivity contribution < 1.29 is 5.11 Å². The lowest BCUT2D eigenvalue weighted by Gasteiger charge is -2.03. The third-order valence-corrected chi connectivity index (χ3v) is 4.83. The van der Waals surface area contributed by atoms with Crippen LogP contribution < -0.4 is 0 Å². The van der Waals surface area contributed by atoms with Crippen molar-refractivity contribution in [2.75, 3.05) is 6.61 Å². The first kappa shape index (κ1) is 22.0. The average Bonchev–Trinajstić information content (AvgIpc) is 3.06. The first-order chi connectivity index (χ1) is 12.4. The molecule has 0 bridgehead atoms. The molecule has 0 amide bonds. The maximum atomic E-state index is 8.99. The summed E-state index contributed by atoms with van der Waals surface area (Å²) in [5.41, 5.74) is 0. The lowest BCUT2D eigenvalue weighted by Crippen LogP contribution is -2.02. The molecular formula is C22H40N2O. The van der Waals surface area contributed by atoms with Gasteiger partial charge in [-0.2, -0.15) is 0 Å². The van der Waals surface area contributed by atoms with E-state index in [4.69, 9.17) is 5.11 Å². The highest BCUT2D eigenvalue weighted by atomic mass is 16.3. The van der Waals surface area contributed by atoms with Gasteiger partial charge >= 0.3 is 0 Å². The maximum absolute atomic E-state index is 8.99. The van der Waals surface area contributed by atoms with E-state index in [1.165, 1.54) is 83.5 Å². The maximum Gasteiger partial charge on any atom is 0.132 e. The number of rotatable bonds is 17. The summed E-state index contributed by atoms with van der Waals surface area (Å²) in [7, 11) is 0. The molecule has 1 heterocycles. The average molecular weight is 349 g/mol. The van der Waals surface area contributed by atoms with Crippen LogP contribution in [0.1, 0.15) is 103 Å². The van der Waals surface area contributed by atoms with Gasteiger partial charge in [-0.25, -0.2) is 4.98 Å². The second-order valence-electron chi connectivity index (χ2n) is 7.14. The summed E-state index contributed by atoms with van der Waals surface area (Å²) in [4.78, 5) is 4.30. The molecule has 3 heteroatoms. The van der Waals surface area contributed by atoms with E-state index in [2.05, 4.69) is 24.1 Å². The third-order valence-electron chi connectivity index (χ3n) is 4.83. The molecule has 0 atom stereocenters. The molecule has 0 unspecified atom stereocenters. The number of imidazole rings is 1. The van der Waals surface area contributed by atoms with E-state index in [0.717, 1.165) is 12.2 Å². The predicted molar refractivity (Wildman–Crippen MR) is 109 cm³/mol. The van der Waals surface area contributed by atoms with Crippen molar-refractivity contribution in [2.24, 2.45) is 0 Å². The van der Waals surface area contributed by atoms with Crippen LogP contribution in [0.25, 0.3) is 6.08 Å². The molecule has 1 aromatic heterocycles. The normalized spacial score (nSPS) is 11.6. The molecule has 25 heavy (non-hydrogen) atoms. The predicted octanol–water partition coefficient (Wildman–Crippen LogP) is 6.37. The van der Waals surface area contributed by atoms with E-state index < -0.39 is 0 Å². The zero-order valence-corrected chi connectivity index (χ0v) is 16.5. The van der Waals surface area contributed by atoms with Crippen LogP contribution >= 0.6 is 0 Å². The Balaban J connectivity index is 1.86. The van der Waals surface area contributed by atoms with Crippen LogP contribution in [0, 0.1) is 0 Å². The largest absolute Gasteiger partial charge is 0.395 e. The molecule has 1 N–H and O–H groups in total. The van der Waals surface area contributed by atoms with E-state index in [9.17, 15) is 0 Å². The lowest BCUT2D eigenvalue weighted by atomic mass is 10.0. The first-order valence-electron chi connectivity index (χ1n) is 10.7. The van der Waals surface area contributed by atoms with Crippen molar-refractivity contribution >= 4 is 6.08 Å². The number of allylic oxidation sites excluding steroid dienone is 1. The van der Waals surface area contributed by atoms with Gasteiger partial charge in [0.2, 0.25) is 0 Å². The molecule has 0 radical (unpaired) electrons. The van der Waals surface area contributed by atoms with Crippen LogP contribution in [0.4, 0.5) is 0 Å². The Hall–Kier alpha value is -1.09. The van der Waals surface area contributed by atoms with Gasteiger partial charge in [-0.15, -0.1) is 0 Å². The van der Waals surface area contributed by atoms with Crippen LogP contribution in [-0.2, 0) is 6.54 Å². The molecule has 0 fully saturated rings. The molecule has 0 aromatic carbocycles. The van der Waals surface area contributed by atoms with Crippen LogP contribution in [0.2, 0.25) is 0 Å². The molecule has 1 aromatic rings. The number of nitrogens with zero attached hydrogens (tertiary/aromatic N) is 2. The first-order valence-corrected chi connectivity index (χ1v) is 10.7. The van der Waals surface area contributed by atoms with E-state index >= 15 is 0 Å². The van der Waals surface area contributed by atoms with Crippen molar-refractivity contribution in [2.45, 2.75) is 103 Å². The quantitative estimate of drug-likeness (QED) is 0.332. The van der Waals surface area contributed by atoms with E-state index in [-0.39, 0.29) is 6.61 Å². The molecule has 0 aliphatic carbocycles. The number of aliphatic hydroxyl groups is 1. The number of hydrogen-bond donors (Lipinski definition) is 1. The van der Waals surface area contributed by atoms with Crippen LogP contribution in [0.3, 0.4) is 0 Å². The molecular weight excluding hydrogens is 308 g/mol. The fourth-order valence-corrected chi connectivity index (χ4v) is 3.24. The summed E-state index contributed by atoms with van der Waals surface area (Å²) in [5, 5.41) is 8.99. The molecule has 0 saturated carbocycles. The molecule has 3 nitrogen and oxygen atoms in total. The van der Waals surface area contributed by atoms with Gasteiger partial charge in [0, 0.05) is 18.9 Å². The SMILES string of the molecule is CCCCCCCCCCCCCCC/C=C/c1nccn1CCO. The zero-order valence-electron chi connectivity index (χ0n) is 16.5. The molecule has 144 valence electrons. The van der Waals surface area contributed by atoms with E-state index in [0.29, 0.717) is 6.54 Å². The van der Waals surface area contributed by atoms with Gasteiger partial charge in [-0.3, -0.25) is 0 Å². The van der Waals surface area contributed by atoms with Gasteiger partial charge in [0.25, 0.3) is 0 Å². The second-order valence-corrected chi connectivity index (χ2v) is 7.14. The zero-order chi connectivity index (χ0) is 18.0. The fourth-order valence-electron chi connectivity index (χ4n) is 3.24. The minimum atomic E-state index is 0.163. The van der Waals surface area contributed by atoms with Crippen LogP contribution in [-0.4, -0.2) is 21.3 Å². The molecule has 0 spiro atoms. The second kappa shape index (κ2) is 16.4. The smallest absolute Gasteiger partial charge is 0.132 e. The number of hydrogen-bond acceptors (Lipinski definition) is 2. The summed E-state index contributed by atoms with van der Waals surface area (Å²) in [5.74, 6) is 0.948. The van der Waals surface area contributed by atoms with E-state index in [1.54, 1.807) is 6.20 Å². The van der Waals surface area contributed by atoms with Gasteiger partial charge < -0.3 is 9.67 Å². The van der Waals surface area contributed by atoms with Gasteiger partial charge in [0.15, 0.2) is 0 Å². The number of aromatic nitrogens is 2. The fraction of sp³-hybridized carbons (Fsp3) is 0.773. The molecule has 0 aliphatic rings. The molecule has 1 rings (SSSR count). The van der Waals surface area contributed by atoms with Gasteiger partial charge in [-0.05, 0) is 18.9 Å². The topological polar surface area (TPSA) is 38.0 Å². The standard InChI is InChI=1S/C22H40N2O/c1-2-3-4-5-6-7-8-9-10-11-12-13-14-15-16-17-22-23-18-19-24(22)20-21-25/h16-19,25H,2-15,20-21H2,1H3/b17-16+. The molecule has 0 aliphatic heterocycles. The summed E-state index contributed by atoms with van der Waals surface area (Å²) < 4.78 is 1.99. The van der Waals surface area contributed by atoms with Crippen LogP contribution in [0.5, 0.6) is 0 Å². The highest BCUT2D eigenvalue weighted by Crippen LogP contribution is 2.13. The van der Waals surface area contributed by atoms with Crippen molar-refractivity contribution in [1.82, 2.24) is 9.55 Å². The summed E-state index contributed by atoms with van der Waals surface area (Å²) in [6.45, 7) is 3.07. The van der Waals surface area contributed by atoms with Crippen molar-refractivity contribution in [3.63, 3.8) is 0 Å². The minimum Gasteiger partial charge on any atom is -0.395 e. The Morgan fingerprint density at radius 3 is 2.00 bits per heavy atom. The van der Waals surface area contributed by atoms with Gasteiger partial charge in [0.05, 0.1) is 6.61 Å². The monoisotopic (exact) mass is 348 g/mol. The summed E-state index contributed by atoms with van der Waals surface area (Å²) in [6, 6.07) is 0. The Bertz CT molecular complexity index is 425. The van der Waals surface area contributed by atoms with Gasteiger partial charge in [-0.1, -0.05) is 90.0 Å². The van der Waals surface area contributed by atoms with Crippen LogP contribution in [0.15, 0.2) is 18.5 Å². The number of aliphatic hydroxyl groups excluding tert-OH is 1. The van der Waals surface area contributed by atoms with E-state index in [1.807, 2.05) is 10.8 Å². The van der Waals surface area contributed by atoms with Crippen molar-refractivity contribution in [3.8, 4) is 0 Å². The summed E-state index contributed by atoms with van der Waals surface area (Å²) in [6.07, 6.45) is 27.4. The highest BCUT2D eigenvalue weighted by molar-refractivity contribution is 5.40. The highest BCUT2D eigenvalue weighted by Gasteiger charge is 1.97. The van der Waals surface area contributed by atoms with Gasteiger partial charge in [0.1, 0.15) is 5.82 Å². The lowest BCUT2D eigenvalue weighted by molar-refractivity contribution is 0.275. The summed E-state index contributed by atoms with van der Waals surface area (Å²) >= 11 is 0. The minimum absolute atomic E-state index is 0.163. The van der Waals surface area contributed by atoms with Crippen molar-refractivity contribution in [3.05, 3.63) is 24.3 Å². The Morgan fingerprint density at radius 2 is 1.44 bits per heavy atom. The Kier molecular flexibility index (Phi) is 14.4.